The third kappa shape index (κ3) is 3.02. The number of aromatic nitrogens is 1. The first kappa shape index (κ1) is 14.4. The van der Waals surface area contributed by atoms with Crippen LogP contribution in [0.15, 0.2) is 27.8 Å². The van der Waals surface area contributed by atoms with Gasteiger partial charge in [0.05, 0.1) is 0 Å². The molecule has 1 heterocycles. The lowest BCUT2D eigenvalue weighted by atomic mass is 9.94. The summed E-state index contributed by atoms with van der Waals surface area (Å²) in [6, 6.07) is 4.32. The molecule has 0 aliphatic heterocycles. The topological polar surface area (TPSA) is 68.0 Å². The molecule has 20 heavy (non-hydrogen) atoms. The molecule has 1 atom stereocenters. The number of carbonyl (C=O) groups is 1. The van der Waals surface area contributed by atoms with E-state index in [2.05, 4.69) is 26.2 Å². The fourth-order valence-electron chi connectivity index (χ4n) is 2.45. The summed E-state index contributed by atoms with van der Waals surface area (Å²) in [4.78, 5) is 16.4. The molecule has 0 aromatic carbocycles. The van der Waals surface area contributed by atoms with Crippen LogP contribution in [0.4, 0.5) is 0 Å². The van der Waals surface area contributed by atoms with Crippen LogP contribution in [0.5, 0.6) is 0 Å². The lowest BCUT2D eigenvalue weighted by Crippen LogP contribution is -2.60. The molecule has 4 nitrogen and oxygen atoms in total. The van der Waals surface area contributed by atoms with Gasteiger partial charge < -0.3 is 5.73 Å². The van der Waals surface area contributed by atoms with Crippen molar-refractivity contribution < 1.29 is 4.79 Å². The Bertz CT molecular complexity index is 519. The first-order chi connectivity index (χ1) is 9.62. The zero-order valence-electron chi connectivity index (χ0n) is 11.1. The van der Waals surface area contributed by atoms with Crippen LogP contribution in [0.2, 0.25) is 0 Å². The minimum Gasteiger partial charge on any atom is -0.368 e. The van der Waals surface area contributed by atoms with Crippen LogP contribution in [0.3, 0.4) is 0 Å². The molecular weight excluding hydrogens is 338 g/mol. The van der Waals surface area contributed by atoms with Crippen LogP contribution in [0.25, 0.3) is 0 Å². The van der Waals surface area contributed by atoms with Crippen molar-refractivity contribution in [3.8, 4) is 0 Å². The average Bonchev–Trinajstić information content (AvgIpc) is 3.27. The Morgan fingerprint density at radius 1 is 1.50 bits per heavy atom. The van der Waals surface area contributed by atoms with Crippen molar-refractivity contribution in [2.75, 3.05) is 5.75 Å². The van der Waals surface area contributed by atoms with Gasteiger partial charge in [-0.2, -0.15) is 0 Å². The highest BCUT2D eigenvalue weighted by Crippen LogP contribution is 2.44. The number of thioether (sulfide) groups is 1. The standard InChI is InChI=1S/C14H18BrN3OS/c15-11-2-1-7-17-12(11)20-8-14(13(16)19,9-3-4-9)18-10-5-6-10/h1-2,7,9-10,18H,3-6,8H2,(H2,16,19). The minimum absolute atomic E-state index is 0.216. The first-order valence-corrected chi connectivity index (χ1v) is 8.70. The Kier molecular flexibility index (Phi) is 4.06. The number of nitrogens with two attached hydrogens (primary N) is 1. The fourth-order valence-corrected chi connectivity index (χ4v) is 4.21. The molecule has 0 bridgehead atoms. The van der Waals surface area contributed by atoms with E-state index < -0.39 is 5.54 Å². The third-order valence-corrected chi connectivity index (χ3v) is 6.02. The molecule has 2 aliphatic carbocycles. The van der Waals surface area contributed by atoms with Crippen LogP contribution in [-0.4, -0.2) is 28.2 Å². The molecule has 0 spiro atoms. The lowest BCUT2D eigenvalue weighted by molar-refractivity contribution is -0.124. The van der Waals surface area contributed by atoms with Crippen LogP contribution in [0, 0.1) is 5.92 Å². The molecule has 2 saturated carbocycles. The molecule has 1 amide bonds. The van der Waals surface area contributed by atoms with Crippen molar-refractivity contribution in [3.63, 3.8) is 0 Å². The van der Waals surface area contributed by atoms with Crippen molar-refractivity contribution in [1.82, 2.24) is 10.3 Å². The van der Waals surface area contributed by atoms with Crippen LogP contribution in [0.1, 0.15) is 25.7 Å². The Morgan fingerprint density at radius 3 is 2.80 bits per heavy atom. The van der Waals surface area contributed by atoms with Crippen molar-refractivity contribution in [2.24, 2.45) is 11.7 Å². The van der Waals surface area contributed by atoms with Crippen LogP contribution < -0.4 is 11.1 Å². The number of nitrogens with one attached hydrogen (secondary N) is 1. The van der Waals surface area contributed by atoms with Crippen LogP contribution in [-0.2, 0) is 4.79 Å². The Hall–Kier alpha value is -0.590. The maximum atomic E-state index is 12.1. The molecule has 108 valence electrons. The van der Waals surface area contributed by atoms with Crippen molar-refractivity contribution in [1.29, 1.82) is 0 Å². The number of hydrogen-bond acceptors (Lipinski definition) is 4. The normalized spacial score (nSPS) is 21.4. The highest BCUT2D eigenvalue weighted by Gasteiger charge is 2.51. The number of pyridine rings is 1. The lowest BCUT2D eigenvalue weighted by Gasteiger charge is -2.32. The van der Waals surface area contributed by atoms with Gasteiger partial charge in [-0.05, 0) is 59.7 Å². The highest BCUT2D eigenvalue weighted by molar-refractivity contribution is 9.10. The van der Waals surface area contributed by atoms with E-state index in [1.807, 2.05) is 12.1 Å². The Balaban J connectivity index is 1.75. The molecule has 6 heteroatoms. The van der Waals surface area contributed by atoms with Gasteiger partial charge in [0.15, 0.2) is 0 Å². The number of amides is 1. The van der Waals surface area contributed by atoms with Crippen LogP contribution >= 0.6 is 27.7 Å². The molecule has 0 saturated heterocycles. The van der Waals surface area contributed by atoms with Gasteiger partial charge in [-0.25, -0.2) is 4.98 Å². The minimum atomic E-state index is -0.567. The molecule has 1 aromatic heterocycles. The molecule has 3 rings (SSSR count). The zero-order valence-corrected chi connectivity index (χ0v) is 13.5. The summed E-state index contributed by atoms with van der Waals surface area (Å²) in [5.74, 6) is 0.820. The summed E-state index contributed by atoms with van der Waals surface area (Å²) >= 11 is 5.10. The number of rotatable bonds is 7. The second kappa shape index (κ2) is 5.66. The number of hydrogen-bond donors (Lipinski definition) is 2. The van der Waals surface area contributed by atoms with Gasteiger partial charge in [-0.15, -0.1) is 11.8 Å². The Morgan fingerprint density at radius 2 is 2.25 bits per heavy atom. The number of primary amides is 1. The molecular formula is C14H18BrN3OS. The summed E-state index contributed by atoms with van der Waals surface area (Å²) < 4.78 is 0.964. The van der Waals surface area contributed by atoms with Gasteiger partial charge in [-0.1, -0.05) is 0 Å². The van der Waals surface area contributed by atoms with Gasteiger partial charge in [0.25, 0.3) is 0 Å². The predicted octanol–water partition coefficient (Wildman–Crippen LogP) is 2.32. The van der Waals surface area contributed by atoms with E-state index in [-0.39, 0.29) is 5.91 Å². The van der Waals surface area contributed by atoms with E-state index in [1.54, 1.807) is 18.0 Å². The monoisotopic (exact) mass is 355 g/mol. The van der Waals surface area contributed by atoms with E-state index in [9.17, 15) is 4.79 Å². The number of carbonyl (C=O) groups excluding carboxylic acids is 1. The second-order valence-corrected chi connectivity index (χ2v) is 7.43. The number of nitrogens with zero attached hydrogens (tertiary/aromatic N) is 1. The van der Waals surface area contributed by atoms with Crippen molar-refractivity contribution in [3.05, 3.63) is 22.8 Å². The van der Waals surface area contributed by atoms with Crippen molar-refractivity contribution in [2.45, 2.75) is 42.3 Å². The smallest absolute Gasteiger partial charge is 0.238 e. The molecule has 1 aromatic rings. The fraction of sp³-hybridized carbons (Fsp3) is 0.571. The maximum Gasteiger partial charge on any atom is 0.238 e. The molecule has 1 unspecified atom stereocenters. The zero-order chi connectivity index (χ0) is 14.2. The summed E-state index contributed by atoms with van der Waals surface area (Å²) in [5, 5.41) is 4.43. The molecule has 0 radical (unpaired) electrons. The highest BCUT2D eigenvalue weighted by atomic mass is 79.9. The first-order valence-electron chi connectivity index (χ1n) is 6.93. The molecule has 2 fully saturated rings. The molecule has 3 N–H and O–H groups in total. The van der Waals surface area contributed by atoms with Gasteiger partial charge in [-0.3, -0.25) is 10.1 Å². The largest absolute Gasteiger partial charge is 0.368 e. The van der Waals surface area contributed by atoms with Gasteiger partial charge in [0.1, 0.15) is 10.6 Å². The van der Waals surface area contributed by atoms with Gasteiger partial charge >= 0.3 is 0 Å². The van der Waals surface area contributed by atoms with Gasteiger partial charge in [0, 0.05) is 22.5 Å². The third-order valence-electron chi connectivity index (χ3n) is 3.91. The average molecular weight is 356 g/mol. The Labute approximate surface area is 131 Å². The summed E-state index contributed by atoms with van der Waals surface area (Å²) in [5.41, 5.74) is 5.18. The summed E-state index contributed by atoms with van der Waals surface area (Å²) in [7, 11) is 0. The van der Waals surface area contributed by atoms with E-state index in [4.69, 9.17) is 5.73 Å². The SMILES string of the molecule is NC(=O)C(CSc1ncccc1Br)(NC1CC1)C1CC1. The van der Waals surface area contributed by atoms with Gasteiger partial charge in [0.2, 0.25) is 5.91 Å². The van der Waals surface area contributed by atoms with Crippen molar-refractivity contribution >= 4 is 33.6 Å². The number of halogens is 1. The van der Waals surface area contributed by atoms with E-state index in [1.165, 1.54) is 0 Å². The maximum absolute atomic E-state index is 12.1. The summed E-state index contributed by atoms with van der Waals surface area (Å²) in [6.45, 7) is 0. The van der Waals surface area contributed by atoms with E-state index in [0.29, 0.717) is 17.7 Å². The van der Waals surface area contributed by atoms with E-state index >= 15 is 0 Å². The second-order valence-electron chi connectivity index (χ2n) is 5.61. The van der Waals surface area contributed by atoms with E-state index in [0.717, 1.165) is 35.2 Å². The molecule has 2 aliphatic rings. The summed E-state index contributed by atoms with van der Waals surface area (Å²) in [6.07, 6.45) is 6.25. The quantitative estimate of drug-likeness (QED) is 0.736. The predicted molar refractivity (Wildman–Crippen MR) is 83.5 cm³/mol.